The fraction of sp³-hybridized carbons (Fsp3) is 0.545. The summed E-state index contributed by atoms with van der Waals surface area (Å²) in [6.07, 6.45) is 1.28. The van der Waals surface area contributed by atoms with Gasteiger partial charge >= 0.3 is 11.9 Å². The lowest BCUT2D eigenvalue weighted by Gasteiger charge is -2.20. The number of aromatic nitrogens is 1. The van der Waals surface area contributed by atoms with Crippen molar-refractivity contribution in [1.82, 2.24) is 9.29 Å². The molecule has 0 aromatic carbocycles. The third kappa shape index (κ3) is 3.39. The molecule has 1 aromatic heterocycles. The van der Waals surface area contributed by atoms with Crippen molar-refractivity contribution >= 4 is 33.3 Å². The van der Waals surface area contributed by atoms with Gasteiger partial charge in [0.15, 0.2) is 9.90 Å². The molecule has 0 amide bonds. The average Bonchev–Trinajstić information content (AvgIpc) is 3.10. The zero-order valence-corrected chi connectivity index (χ0v) is 12.8. The first-order valence-corrected chi connectivity index (χ1v) is 8.54. The fourth-order valence-corrected chi connectivity index (χ4v) is 4.66. The van der Waals surface area contributed by atoms with Crippen LogP contribution in [0.1, 0.15) is 30.3 Å². The van der Waals surface area contributed by atoms with Crippen LogP contribution >= 0.6 is 11.3 Å². The molecule has 8 nitrogen and oxygen atoms in total. The van der Waals surface area contributed by atoms with Gasteiger partial charge in [0.25, 0.3) is 10.0 Å². The molecule has 0 spiro atoms. The van der Waals surface area contributed by atoms with Crippen LogP contribution in [0.3, 0.4) is 0 Å². The lowest BCUT2D eigenvalue weighted by molar-refractivity contribution is -0.143. The summed E-state index contributed by atoms with van der Waals surface area (Å²) in [6.45, 7) is 1.36. The van der Waals surface area contributed by atoms with Crippen LogP contribution in [-0.4, -0.2) is 53.9 Å². The summed E-state index contributed by atoms with van der Waals surface area (Å²) in [4.78, 5) is 26.2. The monoisotopic (exact) mass is 334 g/mol. The number of hydrogen-bond donors (Lipinski definition) is 1. The zero-order valence-electron chi connectivity index (χ0n) is 11.2. The molecular weight excluding hydrogens is 320 g/mol. The van der Waals surface area contributed by atoms with E-state index >= 15 is 0 Å². The summed E-state index contributed by atoms with van der Waals surface area (Å²) in [5.74, 6) is -2.07. The van der Waals surface area contributed by atoms with Crippen LogP contribution in [0.2, 0.25) is 0 Å². The van der Waals surface area contributed by atoms with Crippen LogP contribution in [0, 0.1) is 0 Å². The SMILES string of the molecule is CCOC(=O)CN(C1CC1)S(=O)(=O)c1scnc1C(=O)O. The van der Waals surface area contributed by atoms with E-state index in [9.17, 15) is 18.0 Å². The largest absolute Gasteiger partial charge is 0.476 e. The Bertz CT molecular complexity index is 649. The molecule has 1 aliphatic carbocycles. The number of carbonyl (C=O) groups excluding carboxylic acids is 1. The Morgan fingerprint density at radius 2 is 2.19 bits per heavy atom. The molecule has 1 fully saturated rings. The predicted octanol–water partition coefficient (Wildman–Crippen LogP) is 0.557. The highest BCUT2D eigenvalue weighted by atomic mass is 32.2. The van der Waals surface area contributed by atoms with Crippen molar-refractivity contribution in [3.05, 3.63) is 11.2 Å². The smallest absolute Gasteiger partial charge is 0.356 e. The van der Waals surface area contributed by atoms with Crippen molar-refractivity contribution < 1.29 is 27.9 Å². The van der Waals surface area contributed by atoms with Gasteiger partial charge in [0.1, 0.15) is 6.54 Å². The predicted molar refractivity (Wildman–Crippen MR) is 72.6 cm³/mol. The molecular formula is C11H14N2O6S2. The molecule has 1 N–H and O–H groups in total. The quantitative estimate of drug-likeness (QED) is 0.724. The third-order valence-electron chi connectivity index (χ3n) is 2.82. The normalized spacial score (nSPS) is 15.1. The molecule has 1 heterocycles. The second kappa shape index (κ2) is 6.08. The molecule has 1 aromatic rings. The fourth-order valence-electron chi connectivity index (χ4n) is 1.77. The number of carbonyl (C=O) groups is 2. The Balaban J connectivity index is 2.32. The van der Waals surface area contributed by atoms with Crippen molar-refractivity contribution in [2.24, 2.45) is 0 Å². The van der Waals surface area contributed by atoms with Crippen molar-refractivity contribution in [2.45, 2.75) is 30.0 Å². The summed E-state index contributed by atoms with van der Waals surface area (Å²) in [5.41, 5.74) is 0.640. The third-order valence-corrected chi connectivity index (χ3v) is 6.07. The van der Waals surface area contributed by atoms with Crippen LogP contribution in [0.4, 0.5) is 0 Å². The van der Waals surface area contributed by atoms with E-state index in [2.05, 4.69) is 4.98 Å². The second-order valence-corrected chi connectivity index (χ2v) is 7.32. The number of nitrogens with zero attached hydrogens (tertiary/aromatic N) is 2. The van der Waals surface area contributed by atoms with E-state index < -0.39 is 34.2 Å². The second-order valence-electron chi connectivity index (χ2n) is 4.38. The van der Waals surface area contributed by atoms with Crippen LogP contribution in [0.5, 0.6) is 0 Å². The van der Waals surface area contributed by atoms with E-state index in [4.69, 9.17) is 9.84 Å². The lowest BCUT2D eigenvalue weighted by Crippen LogP contribution is -2.38. The number of ether oxygens (including phenoxy) is 1. The van der Waals surface area contributed by atoms with E-state index in [-0.39, 0.29) is 16.9 Å². The Hall–Kier alpha value is -1.52. The highest BCUT2D eigenvalue weighted by Gasteiger charge is 2.42. The van der Waals surface area contributed by atoms with Crippen molar-refractivity contribution in [3.8, 4) is 0 Å². The van der Waals surface area contributed by atoms with Crippen molar-refractivity contribution in [3.63, 3.8) is 0 Å². The van der Waals surface area contributed by atoms with Crippen LogP contribution in [0.25, 0.3) is 0 Å². The van der Waals surface area contributed by atoms with E-state index in [0.29, 0.717) is 12.8 Å². The molecule has 0 aliphatic heterocycles. The number of rotatable bonds is 7. The molecule has 0 bridgehead atoms. The number of aromatic carboxylic acids is 1. The Labute approximate surface area is 125 Å². The molecule has 10 heteroatoms. The summed E-state index contributed by atoms with van der Waals surface area (Å²) >= 11 is 0.725. The van der Waals surface area contributed by atoms with E-state index in [1.54, 1.807) is 6.92 Å². The lowest BCUT2D eigenvalue weighted by atomic mass is 10.5. The number of hydrogen-bond acceptors (Lipinski definition) is 7. The average molecular weight is 334 g/mol. The molecule has 2 rings (SSSR count). The number of thiazole rings is 1. The van der Waals surface area contributed by atoms with Crippen LogP contribution in [0.15, 0.2) is 9.72 Å². The standard InChI is InChI=1S/C11H14N2O6S2/c1-2-19-8(14)5-13(7-3-4-7)21(17,18)11-9(10(15)16)12-6-20-11/h6-7H,2-5H2,1H3,(H,15,16). The maximum atomic E-state index is 12.6. The number of carboxylic acids is 1. The molecule has 1 saturated carbocycles. The van der Waals surface area contributed by atoms with Crippen LogP contribution < -0.4 is 0 Å². The first-order chi connectivity index (χ1) is 9.87. The van der Waals surface area contributed by atoms with Gasteiger partial charge in [0.2, 0.25) is 0 Å². The van der Waals surface area contributed by atoms with Gasteiger partial charge in [-0.05, 0) is 19.8 Å². The number of carboxylic acid groups (broad SMARTS) is 1. The highest BCUT2D eigenvalue weighted by Crippen LogP contribution is 2.34. The minimum atomic E-state index is -4.08. The number of esters is 1. The van der Waals surface area contributed by atoms with E-state index in [1.165, 1.54) is 0 Å². The Morgan fingerprint density at radius 1 is 1.52 bits per heavy atom. The van der Waals surface area contributed by atoms with Gasteiger partial charge in [0.05, 0.1) is 12.1 Å². The summed E-state index contributed by atoms with van der Waals surface area (Å²) in [5, 5.41) is 8.99. The van der Waals surface area contributed by atoms with Crippen LogP contribution in [-0.2, 0) is 19.6 Å². The minimum Gasteiger partial charge on any atom is -0.476 e. The maximum Gasteiger partial charge on any atom is 0.356 e. The van der Waals surface area contributed by atoms with Gasteiger partial charge in [-0.15, -0.1) is 11.3 Å². The molecule has 116 valence electrons. The van der Waals surface area contributed by atoms with Gasteiger partial charge < -0.3 is 9.84 Å². The van der Waals surface area contributed by atoms with E-state index in [1.807, 2.05) is 0 Å². The van der Waals surface area contributed by atoms with Gasteiger partial charge in [-0.1, -0.05) is 0 Å². The van der Waals surface area contributed by atoms with Gasteiger partial charge in [0, 0.05) is 6.04 Å². The Kier molecular flexibility index (Phi) is 4.59. The number of sulfonamides is 1. The molecule has 1 aliphatic rings. The topological polar surface area (TPSA) is 114 Å². The highest BCUT2D eigenvalue weighted by molar-refractivity contribution is 7.91. The molecule has 0 saturated heterocycles. The minimum absolute atomic E-state index is 0.151. The zero-order chi connectivity index (χ0) is 15.6. The molecule has 0 atom stereocenters. The van der Waals surface area contributed by atoms with Gasteiger partial charge in [-0.25, -0.2) is 18.2 Å². The summed E-state index contributed by atoms with van der Waals surface area (Å²) in [6, 6.07) is -0.289. The first kappa shape index (κ1) is 15.9. The van der Waals surface area contributed by atoms with E-state index in [0.717, 1.165) is 21.2 Å². The molecule has 0 unspecified atom stereocenters. The molecule has 0 radical (unpaired) electrons. The molecule has 21 heavy (non-hydrogen) atoms. The maximum absolute atomic E-state index is 12.6. The van der Waals surface area contributed by atoms with Gasteiger partial charge in [-0.3, -0.25) is 4.79 Å². The van der Waals surface area contributed by atoms with Crippen molar-refractivity contribution in [1.29, 1.82) is 0 Å². The Morgan fingerprint density at radius 3 is 2.71 bits per heavy atom. The summed E-state index contributed by atoms with van der Waals surface area (Å²) in [7, 11) is -4.08. The first-order valence-electron chi connectivity index (χ1n) is 6.22. The van der Waals surface area contributed by atoms with Gasteiger partial charge in [-0.2, -0.15) is 4.31 Å². The summed E-state index contributed by atoms with van der Waals surface area (Å²) < 4.78 is 30.5. The van der Waals surface area contributed by atoms with Crippen molar-refractivity contribution in [2.75, 3.05) is 13.2 Å².